The van der Waals surface area contributed by atoms with E-state index < -0.39 is 0 Å². The number of methoxy groups -OCH3 is 3. The number of anilines is 1. The summed E-state index contributed by atoms with van der Waals surface area (Å²) in [6, 6.07) is 17.8. The van der Waals surface area contributed by atoms with Crippen molar-refractivity contribution in [3.8, 4) is 23.0 Å². The molecule has 8 heteroatoms. The van der Waals surface area contributed by atoms with Gasteiger partial charge in [-0.3, -0.25) is 9.59 Å². The van der Waals surface area contributed by atoms with Crippen LogP contribution in [0.2, 0.25) is 0 Å². The lowest BCUT2D eigenvalue weighted by Crippen LogP contribution is -2.32. The number of carbonyl (C=O) groups excluding carboxylic acids is 2. The molecule has 176 valence electrons. The van der Waals surface area contributed by atoms with Crippen molar-refractivity contribution in [2.45, 2.75) is 13.1 Å². The van der Waals surface area contributed by atoms with E-state index in [4.69, 9.17) is 18.9 Å². The first-order chi connectivity index (χ1) is 16.5. The molecule has 1 aliphatic rings. The van der Waals surface area contributed by atoms with Crippen molar-refractivity contribution in [3.05, 3.63) is 77.4 Å². The normalized spacial score (nSPS) is 12.8. The van der Waals surface area contributed by atoms with Gasteiger partial charge >= 0.3 is 0 Å². The van der Waals surface area contributed by atoms with Crippen molar-refractivity contribution in [1.29, 1.82) is 0 Å². The summed E-state index contributed by atoms with van der Waals surface area (Å²) in [5.74, 6) is 1.97. The number of nitrogens with zero attached hydrogens (tertiary/aromatic N) is 1. The molecular formula is C26H26N2O6. The molecule has 0 spiro atoms. The molecule has 0 radical (unpaired) electrons. The first kappa shape index (κ1) is 23.0. The predicted molar refractivity (Wildman–Crippen MR) is 127 cm³/mol. The third-order valence-corrected chi connectivity index (χ3v) is 5.59. The summed E-state index contributed by atoms with van der Waals surface area (Å²) in [6.07, 6.45) is 0. The standard InChI is InChI=1S/C26H26N2O6/c1-31-20-10-8-17(24(13-20)33-3)14-28-15-18-12-19(9-11-22(18)34-16-25(28)29)27-26(30)21-6-4-5-7-23(21)32-2/h4-13H,14-16H2,1-3H3,(H,27,30). The van der Waals surface area contributed by atoms with Gasteiger partial charge in [-0.25, -0.2) is 0 Å². The van der Waals surface area contributed by atoms with Crippen molar-refractivity contribution in [1.82, 2.24) is 4.90 Å². The molecule has 3 aromatic carbocycles. The monoisotopic (exact) mass is 462 g/mol. The lowest BCUT2D eigenvalue weighted by atomic mass is 10.1. The van der Waals surface area contributed by atoms with Crippen molar-refractivity contribution in [3.63, 3.8) is 0 Å². The Morgan fingerprint density at radius 2 is 1.76 bits per heavy atom. The summed E-state index contributed by atoms with van der Waals surface area (Å²) in [5.41, 5.74) is 2.66. The number of amides is 2. The van der Waals surface area contributed by atoms with Crippen LogP contribution < -0.4 is 24.3 Å². The first-order valence-corrected chi connectivity index (χ1v) is 10.7. The highest BCUT2D eigenvalue weighted by molar-refractivity contribution is 6.06. The fraction of sp³-hybridized carbons (Fsp3) is 0.231. The molecule has 0 bridgehead atoms. The number of para-hydroxylation sites is 1. The molecule has 1 heterocycles. The van der Waals surface area contributed by atoms with Gasteiger partial charge in [-0.2, -0.15) is 0 Å². The molecule has 4 rings (SSSR count). The maximum absolute atomic E-state index is 12.8. The maximum Gasteiger partial charge on any atom is 0.261 e. The van der Waals surface area contributed by atoms with Gasteiger partial charge in [0.2, 0.25) is 0 Å². The zero-order valence-electron chi connectivity index (χ0n) is 19.3. The predicted octanol–water partition coefficient (Wildman–Crippen LogP) is 3.89. The molecule has 0 aromatic heterocycles. The minimum Gasteiger partial charge on any atom is -0.497 e. The highest BCUT2D eigenvalue weighted by Crippen LogP contribution is 2.31. The van der Waals surface area contributed by atoms with Crippen LogP contribution in [0.25, 0.3) is 0 Å². The minimum absolute atomic E-state index is 0.0710. The number of benzene rings is 3. The Kier molecular flexibility index (Phi) is 6.87. The third-order valence-electron chi connectivity index (χ3n) is 5.59. The molecule has 1 aliphatic heterocycles. The van der Waals surface area contributed by atoms with Crippen molar-refractivity contribution < 1.29 is 28.5 Å². The molecule has 3 aromatic rings. The number of ether oxygens (including phenoxy) is 4. The number of carbonyl (C=O) groups is 2. The van der Waals surface area contributed by atoms with Gasteiger partial charge in [-0.1, -0.05) is 12.1 Å². The Bertz CT molecular complexity index is 1210. The van der Waals surface area contributed by atoms with Crippen LogP contribution in [-0.4, -0.2) is 44.7 Å². The summed E-state index contributed by atoms with van der Waals surface area (Å²) in [5, 5.41) is 2.90. The van der Waals surface area contributed by atoms with E-state index in [1.807, 2.05) is 18.2 Å². The maximum atomic E-state index is 12.8. The highest BCUT2D eigenvalue weighted by atomic mass is 16.5. The fourth-order valence-electron chi connectivity index (χ4n) is 3.81. The fourth-order valence-corrected chi connectivity index (χ4v) is 3.81. The average molecular weight is 463 g/mol. The summed E-state index contributed by atoms with van der Waals surface area (Å²) in [6.45, 7) is 0.590. The topological polar surface area (TPSA) is 86.3 Å². The highest BCUT2D eigenvalue weighted by Gasteiger charge is 2.23. The first-order valence-electron chi connectivity index (χ1n) is 10.7. The lowest BCUT2D eigenvalue weighted by Gasteiger charge is -2.22. The van der Waals surface area contributed by atoms with Crippen molar-refractivity contribution in [2.24, 2.45) is 0 Å². The van der Waals surface area contributed by atoms with Gasteiger partial charge in [-0.15, -0.1) is 0 Å². The van der Waals surface area contributed by atoms with Crippen LogP contribution in [0.15, 0.2) is 60.7 Å². The zero-order chi connectivity index (χ0) is 24.1. The van der Waals surface area contributed by atoms with Crippen LogP contribution in [0.4, 0.5) is 5.69 Å². The Balaban J connectivity index is 1.55. The van der Waals surface area contributed by atoms with Crippen molar-refractivity contribution in [2.75, 3.05) is 33.3 Å². The molecule has 0 unspecified atom stereocenters. The van der Waals surface area contributed by atoms with Crippen molar-refractivity contribution >= 4 is 17.5 Å². The summed E-state index contributed by atoms with van der Waals surface area (Å²) >= 11 is 0. The molecule has 0 saturated heterocycles. The molecule has 2 amide bonds. The van der Waals surface area contributed by atoms with Gasteiger partial charge in [-0.05, 0) is 42.5 Å². The smallest absolute Gasteiger partial charge is 0.261 e. The molecule has 0 fully saturated rings. The van der Waals surface area contributed by atoms with Crippen LogP contribution >= 0.6 is 0 Å². The quantitative estimate of drug-likeness (QED) is 0.574. The second-order valence-corrected chi connectivity index (χ2v) is 7.69. The third kappa shape index (κ3) is 4.91. The van der Waals surface area contributed by atoms with Crippen LogP contribution in [0.5, 0.6) is 23.0 Å². The second-order valence-electron chi connectivity index (χ2n) is 7.69. The van der Waals surface area contributed by atoms with Gasteiger partial charge in [0, 0.05) is 36.0 Å². The molecule has 0 aliphatic carbocycles. The van der Waals surface area contributed by atoms with Crippen LogP contribution in [0.1, 0.15) is 21.5 Å². The largest absolute Gasteiger partial charge is 0.497 e. The zero-order valence-corrected chi connectivity index (χ0v) is 19.3. The molecular weight excluding hydrogens is 436 g/mol. The number of rotatable bonds is 7. The molecule has 8 nitrogen and oxygen atoms in total. The van der Waals surface area contributed by atoms with E-state index in [1.54, 1.807) is 61.6 Å². The Labute approximate surface area is 198 Å². The molecule has 0 saturated carbocycles. The van der Waals surface area contributed by atoms with Crippen LogP contribution in [0, 0.1) is 0 Å². The number of fused-ring (bicyclic) bond motifs is 1. The van der Waals surface area contributed by atoms with E-state index in [1.165, 1.54) is 7.11 Å². The van der Waals surface area contributed by atoms with E-state index in [9.17, 15) is 9.59 Å². The number of hydrogen-bond acceptors (Lipinski definition) is 6. The van der Waals surface area contributed by atoms with E-state index in [-0.39, 0.29) is 18.4 Å². The van der Waals surface area contributed by atoms with Gasteiger partial charge in [0.05, 0.1) is 26.9 Å². The Morgan fingerprint density at radius 3 is 2.53 bits per heavy atom. The molecule has 1 N–H and O–H groups in total. The summed E-state index contributed by atoms with van der Waals surface area (Å²) in [7, 11) is 4.69. The van der Waals surface area contributed by atoms with E-state index in [0.717, 1.165) is 11.1 Å². The van der Waals surface area contributed by atoms with Gasteiger partial charge in [0.15, 0.2) is 6.61 Å². The Hall–Kier alpha value is -4.20. The molecule has 0 atom stereocenters. The van der Waals surface area contributed by atoms with E-state index >= 15 is 0 Å². The molecule has 34 heavy (non-hydrogen) atoms. The van der Waals surface area contributed by atoms with E-state index in [0.29, 0.717) is 47.3 Å². The minimum atomic E-state index is -0.289. The Morgan fingerprint density at radius 1 is 0.971 bits per heavy atom. The van der Waals surface area contributed by atoms with Crippen LogP contribution in [-0.2, 0) is 17.9 Å². The summed E-state index contributed by atoms with van der Waals surface area (Å²) in [4.78, 5) is 27.3. The second kappa shape index (κ2) is 10.2. The van der Waals surface area contributed by atoms with Gasteiger partial charge in [0.1, 0.15) is 23.0 Å². The number of hydrogen-bond donors (Lipinski definition) is 1. The van der Waals surface area contributed by atoms with Gasteiger partial charge < -0.3 is 29.2 Å². The van der Waals surface area contributed by atoms with Gasteiger partial charge in [0.25, 0.3) is 11.8 Å². The lowest BCUT2D eigenvalue weighted by molar-refractivity contribution is -0.133. The van der Waals surface area contributed by atoms with E-state index in [2.05, 4.69) is 5.32 Å². The summed E-state index contributed by atoms with van der Waals surface area (Å²) < 4.78 is 21.8. The SMILES string of the molecule is COc1ccc(CN2Cc3cc(NC(=O)c4ccccc4OC)ccc3OCC2=O)c(OC)c1. The van der Waals surface area contributed by atoms with Crippen LogP contribution in [0.3, 0.4) is 0 Å². The number of nitrogens with one attached hydrogen (secondary N) is 1. The average Bonchev–Trinajstić information content (AvgIpc) is 3.02.